The second kappa shape index (κ2) is 9.70. The van der Waals surface area contributed by atoms with E-state index >= 15 is 0 Å². The van der Waals surface area contributed by atoms with Crippen molar-refractivity contribution in [3.8, 4) is 0 Å². The number of nitrogens with one attached hydrogen (secondary N) is 2. The number of halogens is 1. The molecule has 4 nitrogen and oxygen atoms in total. The van der Waals surface area contributed by atoms with Gasteiger partial charge in [0.05, 0.1) is 0 Å². The van der Waals surface area contributed by atoms with E-state index in [-0.39, 0.29) is 0 Å². The van der Waals surface area contributed by atoms with E-state index < -0.39 is 0 Å². The molecule has 138 valence electrons. The van der Waals surface area contributed by atoms with Gasteiger partial charge in [-0.3, -0.25) is 4.99 Å². The summed E-state index contributed by atoms with van der Waals surface area (Å²) < 4.78 is 0. The van der Waals surface area contributed by atoms with E-state index in [1.165, 1.54) is 37.2 Å². The van der Waals surface area contributed by atoms with Crippen LogP contribution in [0.5, 0.6) is 0 Å². The molecule has 1 aromatic rings. The molecular weight excluding hydrogens is 352 g/mol. The van der Waals surface area contributed by atoms with Gasteiger partial charge in [0, 0.05) is 47.9 Å². The lowest BCUT2D eigenvalue weighted by atomic mass is 10.1. The Morgan fingerprint density at radius 3 is 2.76 bits per heavy atom. The molecule has 1 aliphatic carbocycles. The third-order valence-corrected chi connectivity index (χ3v) is 5.97. The molecule has 25 heavy (non-hydrogen) atoms. The molecule has 0 bridgehead atoms. The first-order chi connectivity index (χ1) is 12.2. The van der Waals surface area contributed by atoms with Crippen molar-refractivity contribution < 1.29 is 0 Å². The molecule has 3 rings (SSSR count). The summed E-state index contributed by atoms with van der Waals surface area (Å²) in [6, 6.07) is 8.91. The Kier molecular flexibility index (Phi) is 7.32. The van der Waals surface area contributed by atoms with Gasteiger partial charge in [-0.15, -0.1) is 11.8 Å². The predicted octanol–water partition coefficient (Wildman–Crippen LogP) is 3.47. The molecule has 1 aromatic carbocycles. The standard InChI is InChI=1S/C19H29ClN4S/c1-2-21-19(22-10-12-25-18-7-3-16(20)4-8-18)23-13-15-9-11-24(14-15)17-5-6-17/h3-4,7-8,15,17H,2,5-6,9-14H2,1H3,(H2,21,22,23). The molecular formula is C19H29ClN4S. The van der Waals surface area contributed by atoms with E-state index in [0.717, 1.165) is 48.3 Å². The molecule has 0 radical (unpaired) electrons. The zero-order valence-corrected chi connectivity index (χ0v) is 16.6. The van der Waals surface area contributed by atoms with Gasteiger partial charge in [-0.25, -0.2) is 0 Å². The molecule has 2 aliphatic rings. The quantitative estimate of drug-likeness (QED) is 0.313. The van der Waals surface area contributed by atoms with Gasteiger partial charge in [-0.2, -0.15) is 0 Å². The van der Waals surface area contributed by atoms with Crippen LogP contribution in [0.3, 0.4) is 0 Å². The summed E-state index contributed by atoms with van der Waals surface area (Å²) >= 11 is 7.75. The molecule has 1 atom stereocenters. The van der Waals surface area contributed by atoms with E-state index in [4.69, 9.17) is 16.6 Å². The highest BCUT2D eigenvalue weighted by Crippen LogP contribution is 2.31. The summed E-state index contributed by atoms with van der Waals surface area (Å²) in [4.78, 5) is 8.71. The Balaban J connectivity index is 1.37. The molecule has 1 aliphatic heterocycles. The van der Waals surface area contributed by atoms with Crippen LogP contribution in [0.25, 0.3) is 0 Å². The summed E-state index contributed by atoms with van der Waals surface area (Å²) in [5.74, 6) is 2.67. The molecule has 2 N–H and O–H groups in total. The van der Waals surface area contributed by atoms with E-state index in [0.29, 0.717) is 0 Å². The predicted molar refractivity (Wildman–Crippen MR) is 109 cm³/mol. The number of rotatable bonds is 8. The van der Waals surface area contributed by atoms with Gasteiger partial charge in [-0.05, 0) is 62.9 Å². The van der Waals surface area contributed by atoms with Crippen molar-refractivity contribution in [1.82, 2.24) is 15.5 Å². The van der Waals surface area contributed by atoms with Crippen LogP contribution in [0, 0.1) is 5.92 Å². The third-order valence-electron chi connectivity index (χ3n) is 4.71. The fraction of sp³-hybridized carbons (Fsp3) is 0.632. The molecule has 2 fully saturated rings. The fourth-order valence-electron chi connectivity index (χ4n) is 3.21. The van der Waals surface area contributed by atoms with Gasteiger partial charge in [-0.1, -0.05) is 11.6 Å². The van der Waals surface area contributed by atoms with Crippen molar-refractivity contribution in [3.63, 3.8) is 0 Å². The number of hydrogen-bond acceptors (Lipinski definition) is 3. The van der Waals surface area contributed by atoms with Gasteiger partial charge in [0.2, 0.25) is 0 Å². The lowest BCUT2D eigenvalue weighted by Crippen LogP contribution is -2.38. The minimum Gasteiger partial charge on any atom is -0.357 e. The second-order valence-electron chi connectivity index (χ2n) is 6.83. The van der Waals surface area contributed by atoms with Gasteiger partial charge in [0.25, 0.3) is 0 Å². The topological polar surface area (TPSA) is 39.7 Å². The van der Waals surface area contributed by atoms with Gasteiger partial charge in [0.15, 0.2) is 5.96 Å². The molecule has 1 heterocycles. The summed E-state index contributed by atoms with van der Waals surface area (Å²) in [6.45, 7) is 7.35. The Bertz CT molecular complexity index is 559. The van der Waals surface area contributed by atoms with Crippen LogP contribution in [0.15, 0.2) is 34.2 Å². The van der Waals surface area contributed by atoms with Crippen LogP contribution >= 0.6 is 23.4 Å². The van der Waals surface area contributed by atoms with Gasteiger partial charge < -0.3 is 15.5 Å². The molecule has 0 aromatic heterocycles. The molecule has 6 heteroatoms. The lowest BCUT2D eigenvalue weighted by Gasteiger charge is -2.15. The normalized spacial score (nSPS) is 21.5. The molecule has 1 unspecified atom stereocenters. The monoisotopic (exact) mass is 380 g/mol. The number of guanidine groups is 1. The highest BCUT2D eigenvalue weighted by atomic mass is 35.5. The van der Waals surface area contributed by atoms with Crippen LogP contribution in [-0.4, -0.2) is 55.4 Å². The first-order valence-electron chi connectivity index (χ1n) is 9.39. The van der Waals surface area contributed by atoms with Crippen LogP contribution in [0.2, 0.25) is 5.02 Å². The van der Waals surface area contributed by atoms with Crippen molar-refractivity contribution in [1.29, 1.82) is 0 Å². The van der Waals surface area contributed by atoms with Crippen LogP contribution in [0.1, 0.15) is 26.2 Å². The molecule has 1 saturated heterocycles. The van der Waals surface area contributed by atoms with E-state index in [1.54, 1.807) is 0 Å². The highest BCUT2D eigenvalue weighted by molar-refractivity contribution is 7.99. The molecule has 0 amide bonds. The summed E-state index contributed by atoms with van der Waals surface area (Å²) in [5.41, 5.74) is 0. The van der Waals surface area contributed by atoms with Gasteiger partial charge in [0.1, 0.15) is 0 Å². The fourth-order valence-corrected chi connectivity index (χ4v) is 4.11. The number of thioether (sulfide) groups is 1. The Morgan fingerprint density at radius 2 is 2.04 bits per heavy atom. The minimum absolute atomic E-state index is 0.722. The average Bonchev–Trinajstić information content (AvgIpc) is 3.36. The average molecular weight is 381 g/mol. The summed E-state index contributed by atoms with van der Waals surface area (Å²) in [5, 5.41) is 7.60. The maximum Gasteiger partial charge on any atom is 0.191 e. The van der Waals surface area contributed by atoms with Crippen LogP contribution in [-0.2, 0) is 0 Å². The molecule has 0 spiro atoms. The SMILES string of the molecule is CCNC(=NCC1CCN(C2CC2)C1)NCCSc1ccc(Cl)cc1. The smallest absolute Gasteiger partial charge is 0.191 e. The summed E-state index contributed by atoms with van der Waals surface area (Å²) in [7, 11) is 0. The Morgan fingerprint density at radius 1 is 1.24 bits per heavy atom. The first kappa shape index (κ1) is 18.9. The van der Waals surface area contributed by atoms with Crippen molar-refractivity contribution in [2.75, 3.05) is 38.5 Å². The number of likely N-dealkylation sites (tertiary alicyclic amines) is 1. The maximum atomic E-state index is 5.92. The van der Waals surface area contributed by atoms with E-state index in [2.05, 4.69) is 34.6 Å². The van der Waals surface area contributed by atoms with Gasteiger partial charge >= 0.3 is 0 Å². The Hall–Kier alpha value is -0.910. The number of benzene rings is 1. The third kappa shape index (κ3) is 6.39. The number of aliphatic imine (C=N–C) groups is 1. The number of nitrogens with zero attached hydrogens (tertiary/aromatic N) is 2. The van der Waals surface area contributed by atoms with E-state index in [9.17, 15) is 0 Å². The largest absolute Gasteiger partial charge is 0.357 e. The van der Waals surface area contributed by atoms with Crippen LogP contribution in [0.4, 0.5) is 0 Å². The molecule has 1 saturated carbocycles. The van der Waals surface area contributed by atoms with Crippen molar-refractivity contribution in [2.45, 2.75) is 37.1 Å². The highest BCUT2D eigenvalue weighted by Gasteiger charge is 2.34. The maximum absolute atomic E-state index is 5.92. The Labute approximate surface area is 160 Å². The van der Waals surface area contributed by atoms with E-state index in [1.807, 2.05) is 23.9 Å². The number of hydrogen-bond donors (Lipinski definition) is 2. The zero-order valence-electron chi connectivity index (χ0n) is 15.0. The van der Waals surface area contributed by atoms with Crippen molar-refractivity contribution in [3.05, 3.63) is 29.3 Å². The zero-order chi connectivity index (χ0) is 17.5. The van der Waals surface area contributed by atoms with Crippen molar-refractivity contribution in [2.24, 2.45) is 10.9 Å². The first-order valence-corrected chi connectivity index (χ1v) is 10.8. The summed E-state index contributed by atoms with van der Waals surface area (Å²) in [6.07, 6.45) is 4.11. The lowest BCUT2D eigenvalue weighted by molar-refractivity contribution is 0.315. The van der Waals surface area contributed by atoms with Crippen LogP contribution < -0.4 is 10.6 Å². The second-order valence-corrected chi connectivity index (χ2v) is 8.43. The van der Waals surface area contributed by atoms with Crippen molar-refractivity contribution >= 4 is 29.3 Å². The minimum atomic E-state index is 0.722.